The first kappa shape index (κ1) is 13.1. The van der Waals surface area contributed by atoms with Crippen LogP contribution in [0.25, 0.3) is 0 Å². The summed E-state index contributed by atoms with van der Waals surface area (Å²) < 4.78 is 0. The summed E-state index contributed by atoms with van der Waals surface area (Å²) in [4.78, 5) is 24.0. The summed E-state index contributed by atoms with van der Waals surface area (Å²) in [5, 5.41) is 11.4. The number of nitrogens with two attached hydrogens (primary N) is 1. The number of carboxylic acid groups (broad SMARTS) is 1. The van der Waals surface area contributed by atoms with Crippen LogP contribution in [0.5, 0.6) is 0 Å². The molecule has 4 N–H and O–H groups in total. The van der Waals surface area contributed by atoms with Crippen molar-refractivity contribution in [2.45, 2.75) is 12.5 Å². The molecule has 1 unspecified atom stereocenters. The number of nitrogens with one attached hydrogen (secondary N) is 1. The van der Waals surface area contributed by atoms with E-state index in [1.165, 1.54) is 0 Å². The minimum atomic E-state index is -0.871. The van der Waals surface area contributed by atoms with Crippen molar-refractivity contribution in [3.05, 3.63) is 0 Å². The van der Waals surface area contributed by atoms with Gasteiger partial charge in [-0.15, -0.1) is 0 Å². The van der Waals surface area contributed by atoms with E-state index in [-0.39, 0.29) is 18.5 Å². The Hall–Kier alpha value is -0.950. The lowest BCUT2D eigenvalue weighted by Gasteiger charge is -2.34. The van der Waals surface area contributed by atoms with Gasteiger partial charge in [-0.25, -0.2) is 4.79 Å². The van der Waals surface area contributed by atoms with Crippen LogP contribution < -0.4 is 11.1 Å². The van der Waals surface area contributed by atoms with Crippen molar-refractivity contribution in [1.29, 1.82) is 0 Å². The van der Waals surface area contributed by atoms with Gasteiger partial charge in [0, 0.05) is 31.1 Å². The lowest BCUT2D eigenvalue weighted by Crippen LogP contribution is -2.51. The van der Waals surface area contributed by atoms with Crippen LogP contribution in [-0.2, 0) is 4.79 Å². The highest BCUT2D eigenvalue weighted by Gasteiger charge is 2.28. The van der Waals surface area contributed by atoms with E-state index in [0.29, 0.717) is 25.4 Å². The number of nitrogens with zero attached hydrogens (tertiary/aromatic N) is 1. The average Bonchev–Trinajstić information content (AvgIpc) is 2.26. The van der Waals surface area contributed by atoms with Gasteiger partial charge in [0.25, 0.3) is 0 Å². The number of rotatable bonds is 4. The topological polar surface area (TPSA) is 95.7 Å². The van der Waals surface area contributed by atoms with Crippen molar-refractivity contribution in [2.75, 3.05) is 31.1 Å². The van der Waals surface area contributed by atoms with E-state index < -0.39 is 5.97 Å². The van der Waals surface area contributed by atoms with Crippen molar-refractivity contribution >= 4 is 23.8 Å². The molecular formula is C9H17N3O3S. The van der Waals surface area contributed by atoms with Crippen LogP contribution in [0.2, 0.25) is 0 Å². The van der Waals surface area contributed by atoms with Crippen LogP contribution in [0.3, 0.4) is 0 Å². The average molecular weight is 247 g/mol. The van der Waals surface area contributed by atoms with Gasteiger partial charge in [-0.3, -0.25) is 4.79 Å². The summed E-state index contributed by atoms with van der Waals surface area (Å²) in [6.45, 7) is 1.40. The minimum Gasteiger partial charge on any atom is -0.481 e. The van der Waals surface area contributed by atoms with Crippen molar-refractivity contribution in [3.8, 4) is 0 Å². The molecular weight excluding hydrogens is 230 g/mol. The van der Waals surface area contributed by atoms with Gasteiger partial charge < -0.3 is 21.1 Å². The molecule has 1 rings (SSSR count). The second kappa shape index (κ2) is 6.59. The maximum Gasteiger partial charge on any atom is 0.317 e. The highest BCUT2D eigenvalue weighted by atomic mass is 32.2. The zero-order valence-electron chi connectivity index (χ0n) is 9.02. The van der Waals surface area contributed by atoms with Crippen LogP contribution in [0.1, 0.15) is 6.42 Å². The number of thioether (sulfide) groups is 1. The van der Waals surface area contributed by atoms with Crippen LogP contribution in [-0.4, -0.2) is 59.2 Å². The minimum absolute atomic E-state index is 0.00302. The quantitative estimate of drug-likeness (QED) is 0.625. The Kier molecular flexibility index (Phi) is 5.41. The molecule has 0 bridgehead atoms. The number of carbonyl (C=O) groups is 2. The summed E-state index contributed by atoms with van der Waals surface area (Å²) in [7, 11) is 0. The Balaban J connectivity index is 2.51. The normalized spacial score (nSPS) is 20.6. The Bertz CT molecular complexity index is 262. The number of carboxylic acids is 1. The van der Waals surface area contributed by atoms with Crippen molar-refractivity contribution in [1.82, 2.24) is 10.2 Å². The van der Waals surface area contributed by atoms with Crippen molar-refractivity contribution in [3.63, 3.8) is 0 Å². The molecule has 7 heteroatoms. The molecule has 1 aliphatic heterocycles. The van der Waals surface area contributed by atoms with Gasteiger partial charge >= 0.3 is 12.0 Å². The van der Waals surface area contributed by atoms with Crippen LogP contribution >= 0.6 is 11.8 Å². The number of aliphatic carboxylic acids is 1. The molecule has 1 atom stereocenters. The molecule has 0 aromatic heterocycles. The summed E-state index contributed by atoms with van der Waals surface area (Å²) >= 11 is 1.68. The first-order valence-corrected chi connectivity index (χ1v) is 6.34. The van der Waals surface area contributed by atoms with Crippen LogP contribution in [0.4, 0.5) is 4.79 Å². The van der Waals surface area contributed by atoms with Gasteiger partial charge in [0.1, 0.15) is 0 Å². The van der Waals surface area contributed by atoms with Gasteiger partial charge in [0.05, 0.1) is 12.5 Å². The summed E-state index contributed by atoms with van der Waals surface area (Å²) in [5.74, 6) is 0.665. The maximum atomic E-state index is 11.7. The highest BCUT2D eigenvalue weighted by Crippen LogP contribution is 2.18. The lowest BCUT2D eigenvalue weighted by molar-refractivity contribution is -0.137. The van der Waals surface area contributed by atoms with E-state index in [1.54, 1.807) is 16.7 Å². The molecule has 0 radical (unpaired) electrons. The van der Waals surface area contributed by atoms with E-state index >= 15 is 0 Å². The predicted molar refractivity (Wildman–Crippen MR) is 62.5 cm³/mol. The molecule has 1 saturated heterocycles. The van der Waals surface area contributed by atoms with Gasteiger partial charge in [-0.1, -0.05) is 0 Å². The second-order valence-corrected chi connectivity index (χ2v) is 4.69. The molecule has 2 amide bonds. The molecule has 0 saturated carbocycles. The molecule has 16 heavy (non-hydrogen) atoms. The molecule has 6 nitrogen and oxygen atoms in total. The number of hydrogen-bond acceptors (Lipinski definition) is 4. The largest absolute Gasteiger partial charge is 0.481 e. The summed E-state index contributed by atoms with van der Waals surface area (Å²) in [6.07, 6.45) is 0.00302. The molecule has 0 aromatic carbocycles. The molecule has 0 aliphatic carbocycles. The molecule has 0 aromatic rings. The number of urea groups is 1. The van der Waals surface area contributed by atoms with E-state index in [1.807, 2.05) is 0 Å². The number of hydrogen-bond donors (Lipinski definition) is 3. The number of amides is 2. The fourth-order valence-corrected chi connectivity index (χ4v) is 2.64. The van der Waals surface area contributed by atoms with Gasteiger partial charge in [0.2, 0.25) is 0 Å². The predicted octanol–water partition coefficient (Wildman–Crippen LogP) is -0.453. The van der Waals surface area contributed by atoms with Gasteiger partial charge in [0.15, 0.2) is 0 Å². The molecule has 1 fully saturated rings. The molecule has 1 aliphatic rings. The van der Waals surface area contributed by atoms with E-state index in [4.69, 9.17) is 10.8 Å². The second-order valence-electron chi connectivity index (χ2n) is 3.54. The van der Waals surface area contributed by atoms with Crippen LogP contribution in [0, 0.1) is 0 Å². The highest BCUT2D eigenvalue weighted by molar-refractivity contribution is 7.99. The van der Waals surface area contributed by atoms with Gasteiger partial charge in [-0.2, -0.15) is 11.8 Å². The van der Waals surface area contributed by atoms with E-state index in [2.05, 4.69) is 5.32 Å². The zero-order valence-corrected chi connectivity index (χ0v) is 9.83. The Morgan fingerprint density at radius 2 is 2.31 bits per heavy atom. The summed E-state index contributed by atoms with van der Waals surface area (Å²) in [6, 6.07) is -0.425. The Morgan fingerprint density at radius 1 is 1.56 bits per heavy atom. The first-order valence-electron chi connectivity index (χ1n) is 5.19. The van der Waals surface area contributed by atoms with Crippen LogP contribution in [0.15, 0.2) is 0 Å². The van der Waals surface area contributed by atoms with E-state index in [9.17, 15) is 9.59 Å². The standard InChI is InChI=1S/C9H17N3O3S/c10-1-2-11-9(15)12-3-4-16-6-7(12)5-8(13)14/h7H,1-6,10H2,(H,11,15)(H,13,14). The molecule has 0 spiro atoms. The monoisotopic (exact) mass is 247 g/mol. The zero-order chi connectivity index (χ0) is 12.0. The maximum absolute atomic E-state index is 11.7. The number of carbonyl (C=O) groups excluding carboxylic acids is 1. The Morgan fingerprint density at radius 3 is 2.94 bits per heavy atom. The first-order chi connectivity index (χ1) is 7.65. The summed E-state index contributed by atoms with van der Waals surface area (Å²) in [5.41, 5.74) is 5.29. The smallest absolute Gasteiger partial charge is 0.317 e. The third-order valence-corrected chi connectivity index (χ3v) is 3.41. The van der Waals surface area contributed by atoms with E-state index in [0.717, 1.165) is 5.75 Å². The Labute approximate surface area is 98.5 Å². The third-order valence-electron chi connectivity index (χ3n) is 2.32. The SMILES string of the molecule is NCCNC(=O)N1CCSCC1CC(=O)O. The lowest BCUT2D eigenvalue weighted by atomic mass is 10.2. The molecule has 1 heterocycles. The van der Waals surface area contributed by atoms with Crippen molar-refractivity contribution in [2.24, 2.45) is 5.73 Å². The van der Waals surface area contributed by atoms with Crippen molar-refractivity contribution < 1.29 is 14.7 Å². The molecule has 92 valence electrons. The fourth-order valence-electron chi connectivity index (χ4n) is 1.57. The fraction of sp³-hybridized carbons (Fsp3) is 0.778. The van der Waals surface area contributed by atoms with Gasteiger partial charge in [-0.05, 0) is 0 Å². The third kappa shape index (κ3) is 3.90.